The molecule has 6 nitrogen and oxygen atoms in total. The third-order valence-electron chi connectivity index (χ3n) is 10.5. The molecule has 0 bridgehead atoms. The van der Waals surface area contributed by atoms with Crippen LogP contribution < -0.4 is 15.3 Å². The zero-order valence-electron chi connectivity index (χ0n) is 37.0. The summed E-state index contributed by atoms with van der Waals surface area (Å²) >= 11 is 0. The Kier molecular flexibility index (Phi) is 65.4. The molecule has 0 radical (unpaired) electrons. The van der Waals surface area contributed by atoms with Crippen LogP contribution in [-0.4, -0.2) is 17.9 Å². The van der Waals surface area contributed by atoms with Crippen LogP contribution in [0.25, 0.3) is 0 Å². The Morgan fingerprint density at radius 3 is 0.455 bits per heavy atom. The summed E-state index contributed by atoms with van der Waals surface area (Å²) < 4.78 is 0. The molecule has 0 aliphatic rings. The molecule has 55 heavy (non-hydrogen) atoms. The minimum absolute atomic E-state index is 0. The second-order valence-corrected chi connectivity index (χ2v) is 16.1. The van der Waals surface area contributed by atoms with E-state index in [1.807, 2.05) is 0 Å². The molecule has 0 N–H and O–H groups in total. The van der Waals surface area contributed by atoms with Crippen molar-refractivity contribution in [3.8, 4) is 0 Å². The van der Waals surface area contributed by atoms with E-state index in [2.05, 4.69) is 20.8 Å². The fourth-order valence-electron chi connectivity index (χ4n) is 6.86. The number of aliphatic carboxylic acids is 3. The van der Waals surface area contributed by atoms with Crippen LogP contribution in [0.15, 0.2) is 0 Å². The first-order valence-electron chi connectivity index (χ1n) is 23.9. The van der Waals surface area contributed by atoms with Gasteiger partial charge in [0.2, 0.25) is 0 Å². The monoisotopic (exact) mass is 919 g/mol. The first-order chi connectivity index (χ1) is 26.3. The van der Waals surface area contributed by atoms with Crippen molar-refractivity contribution >= 4 is 17.9 Å². The number of hydrogen-bond acceptors (Lipinski definition) is 6. The molecule has 0 heterocycles. The van der Waals surface area contributed by atoms with Gasteiger partial charge in [0.25, 0.3) is 0 Å². The average molecular weight is 918 g/mol. The van der Waals surface area contributed by atoms with Gasteiger partial charge in [-0.3, -0.25) is 0 Å². The van der Waals surface area contributed by atoms with Gasteiger partial charge < -0.3 is 29.7 Å². The Morgan fingerprint density at radius 1 is 0.236 bits per heavy atom. The number of carbonyl (C=O) groups is 3. The molecule has 0 fully saturated rings. The third kappa shape index (κ3) is 72.1. The van der Waals surface area contributed by atoms with Gasteiger partial charge in [-0.2, -0.15) is 0 Å². The Bertz CT molecular complexity index is 636. The molecule has 0 aliphatic carbocycles. The normalized spacial score (nSPS) is 10.5. The SMILES string of the molecule is CCCCCCCCCCCCCCCC(=O)[O-].CCCCCCCCCCCCCCCC(=O)[O-].CCCCCCCCCCCCCCCC(=O)[O-].[Eu+3]. The molecule has 0 unspecified atom stereocenters. The van der Waals surface area contributed by atoms with Crippen molar-refractivity contribution in [2.24, 2.45) is 0 Å². The van der Waals surface area contributed by atoms with Gasteiger partial charge >= 0.3 is 49.4 Å². The third-order valence-corrected chi connectivity index (χ3v) is 10.5. The van der Waals surface area contributed by atoms with Gasteiger partial charge in [0.1, 0.15) is 0 Å². The van der Waals surface area contributed by atoms with Gasteiger partial charge in [-0.05, 0) is 38.5 Å². The van der Waals surface area contributed by atoms with E-state index in [4.69, 9.17) is 0 Å². The van der Waals surface area contributed by atoms with E-state index in [1.54, 1.807) is 0 Å². The average Bonchev–Trinajstić information content (AvgIpc) is 3.14. The summed E-state index contributed by atoms with van der Waals surface area (Å²) in [6.07, 6.45) is 50.8. The van der Waals surface area contributed by atoms with E-state index in [0.717, 1.165) is 38.5 Å². The summed E-state index contributed by atoms with van der Waals surface area (Å²) in [4.78, 5) is 30.6. The van der Waals surface area contributed by atoms with Crippen molar-refractivity contribution in [1.82, 2.24) is 0 Å². The summed E-state index contributed by atoms with van der Waals surface area (Å²) in [5.74, 6) is -2.71. The minimum Gasteiger partial charge on any atom is -0.550 e. The maximum absolute atomic E-state index is 10.2. The number of carbonyl (C=O) groups excluding carboxylic acids is 3. The zero-order valence-corrected chi connectivity index (χ0v) is 39.5. The maximum Gasteiger partial charge on any atom is 3.00 e. The molecule has 0 spiro atoms. The molecule has 0 rings (SSSR count). The van der Waals surface area contributed by atoms with Gasteiger partial charge in [-0.25, -0.2) is 0 Å². The predicted octanol–water partition coefficient (Wildman–Crippen LogP) is 12.7. The molecule has 0 amide bonds. The van der Waals surface area contributed by atoms with Crippen molar-refractivity contribution < 1.29 is 79.1 Å². The first kappa shape index (κ1) is 61.7. The molecule has 0 aromatic rings. The summed E-state index contributed by atoms with van der Waals surface area (Å²) in [6.45, 7) is 6.77. The largest absolute Gasteiger partial charge is 3.00 e. The standard InChI is InChI=1S/3C16H32O2.Eu/c3*1-2-3-4-5-6-7-8-9-10-11-12-13-14-15-16(17)18;/h3*2-15H2,1H3,(H,17,18);/q;;;+3/p-3. The molecule has 0 saturated heterocycles. The van der Waals surface area contributed by atoms with Crippen LogP contribution in [0.2, 0.25) is 0 Å². The second kappa shape index (κ2) is 58.3. The summed E-state index contributed by atoms with van der Waals surface area (Å²) in [6, 6.07) is 0. The van der Waals surface area contributed by atoms with Crippen LogP contribution in [0.1, 0.15) is 290 Å². The van der Waals surface area contributed by atoms with Crippen molar-refractivity contribution in [2.45, 2.75) is 290 Å². The smallest absolute Gasteiger partial charge is 0.550 e. The number of hydrogen-bond donors (Lipinski definition) is 0. The van der Waals surface area contributed by atoms with Crippen LogP contribution in [0, 0.1) is 49.4 Å². The summed E-state index contributed by atoms with van der Waals surface area (Å²) in [7, 11) is 0. The van der Waals surface area contributed by atoms with Gasteiger partial charge in [0, 0.05) is 17.9 Å². The zero-order chi connectivity index (χ0) is 40.4. The predicted molar refractivity (Wildman–Crippen MR) is 226 cm³/mol. The van der Waals surface area contributed by atoms with Crippen LogP contribution in [-0.2, 0) is 14.4 Å². The van der Waals surface area contributed by atoms with Gasteiger partial charge in [0.05, 0.1) is 0 Å². The molecule has 328 valence electrons. The fraction of sp³-hybridized carbons (Fsp3) is 0.938. The maximum atomic E-state index is 10.2. The van der Waals surface area contributed by atoms with Crippen LogP contribution in [0.4, 0.5) is 0 Å². The Hall–Kier alpha value is -0.00558. The van der Waals surface area contributed by atoms with Crippen molar-refractivity contribution in [3.05, 3.63) is 0 Å². The van der Waals surface area contributed by atoms with Gasteiger partial charge in [-0.15, -0.1) is 0 Å². The molecule has 0 aliphatic heterocycles. The van der Waals surface area contributed by atoms with Crippen molar-refractivity contribution in [2.75, 3.05) is 0 Å². The summed E-state index contributed by atoms with van der Waals surface area (Å²) in [5, 5.41) is 30.6. The van der Waals surface area contributed by atoms with Gasteiger partial charge in [-0.1, -0.05) is 252 Å². The molecular formula is C48H93EuO6. The summed E-state index contributed by atoms with van der Waals surface area (Å²) in [5.41, 5.74) is 0. The molecular weight excluding hydrogens is 824 g/mol. The Labute approximate surface area is 384 Å². The van der Waals surface area contributed by atoms with Crippen molar-refractivity contribution in [1.29, 1.82) is 0 Å². The van der Waals surface area contributed by atoms with E-state index < -0.39 is 17.9 Å². The van der Waals surface area contributed by atoms with E-state index >= 15 is 0 Å². The quantitative estimate of drug-likeness (QED) is 0.0562. The van der Waals surface area contributed by atoms with Crippen LogP contribution in [0.3, 0.4) is 0 Å². The number of rotatable bonds is 42. The molecule has 0 aromatic carbocycles. The van der Waals surface area contributed by atoms with E-state index in [9.17, 15) is 29.7 Å². The Morgan fingerprint density at radius 2 is 0.345 bits per heavy atom. The fourth-order valence-corrected chi connectivity index (χ4v) is 6.86. The molecule has 0 aromatic heterocycles. The Balaban J connectivity index is -0.000000351. The number of carboxylic acid groups (broad SMARTS) is 3. The number of unbranched alkanes of at least 4 members (excludes halogenated alkanes) is 36. The topological polar surface area (TPSA) is 120 Å². The van der Waals surface area contributed by atoms with E-state index in [0.29, 0.717) is 0 Å². The van der Waals surface area contributed by atoms with Crippen molar-refractivity contribution in [3.63, 3.8) is 0 Å². The van der Waals surface area contributed by atoms with Gasteiger partial charge in [0.15, 0.2) is 0 Å². The minimum atomic E-state index is -0.905. The van der Waals surface area contributed by atoms with E-state index in [-0.39, 0.29) is 68.6 Å². The molecule has 0 atom stereocenters. The number of carboxylic acids is 3. The van der Waals surface area contributed by atoms with Crippen LogP contribution in [0.5, 0.6) is 0 Å². The molecule has 0 saturated carbocycles. The van der Waals surface area contributed by atoms with Crippen LogP contribution >= 0.6 is 0 Å². The molecule has 7 heteroatoms. The van der Waals surface area contributed by atoms with E-state index in [1.165, 1.54) is 212 Å². The second-order valence-electron chi connectivity index (χ2n) is 16.1. The first-order valence-corrected chi connectivity index (χ1v) is 23.9.